The van der Waals surface area contributed by atoms with Crippen molar-refractivity contribution in [2.24, 2.45) is 0 Å². The van der Waals surface area contributed by atoms with Crippen LogP contribution >= 0.6 is 11.6 Å². The number of fused-ring (bicyclic) bond motifs is 1. The molecule has 6 heteroatoms. The van der Waals surface area contributed by atoms with E-state index in [0.717, 1.165) is 41.1 Å². The zero-order valence-corrected chi connectivity index (χ0v) is 13.3. The van der Waals surface area contributed by atoms with Gasteiger partial charge < -0.3 is 15.0 Å². The summed E-state index contributed by atoms with van der Waals surface area (Å²) in [5, 5.41) is 1.63. The standard InChI is InChI=1S/C17H17ClN4O/c18-11-1-4-13(5-2-11)23-14-6-3-12(9-14)22-8-7-15-16(19)20-10-21-17(15)22/h1-2,4-5,7-8,10,12,14H,3,6,9H2,(H2,19,20,21). The summed E-state index contributed by atoms with van der Waals surface area (Å²) in [5.41, 5.74) is 6.81. The van der Waals surface area contributed by atoms with Crippen LogP contribution in [0.1, 0.15) is 25.3 Å². The Morgan fingerprint density at radius 3 is 2.78 bits per heavy atom. The largest absolute Gasteiger partial charge is 0.490 e. The van der Waals surface area contributed by atoms with Gasteiger partial charge >= 0.3 is 0 Å². The summed E-state index contributed by atoms with van der Waals surface area (Å²) >= 11 is 5.91. The fourth-order valence-corrected chi connectivity index (χ4v) is 3.39. The highest BCUT2D eigenvalue weighted by Gasteiger charge is 2.28. The fraction of sp³-hybridized carbons (Fsp3) is 0.294. The van der Waals surface area contributed by atoms with E-state index in [1.807, 2.05) is 36.5 Å². The number of benzene rings is 1. The maximum atomic E-state index is 6.06. The lowest BCUT2D eigenvalue weighted by molar-refractivity contribution is 0.205. The van der Waals surface area contributed by atoms with Crippen molar-refractivity contribution >= 4 is 28.5 Å². The third-order valence-corrected chi connectivity index (χ3v) is 4.66. The average molecular weight is 329 g/mol. The number of hydrogen-bond acceptors (Lipinski definition) is 4. The third-order valence-electron chi connectivity index (χ3n) is 4.41. The molecule has 1 aliphatic rings. The van der Waals surface area contributed by atoms with Crippen molar-refractivity contribution in [1.29, 1.82) is 0 Å². The molecule has 23 heavy (non-hydrogen) atoms. The van der Waals surface area contributed by atoms with E-state index >= 15 is 0 Å². The number of halogens is 1. The predicted octanol–water partition coefficient (Wildman–Crippen LogP) is 3.84. The molecule has 1 aliphatic carbocycles. The van der Waals surface area contributed by atoms with Crippen LogP contribution in [-0.4, -0.2) is 20.6 Å². The molecule has 2 aromatic heterocycles. The second kappa shape index (κ2) is 5.74. The molecule has 0 saturated heterocycles. The Labute approximate surface area is 139 Å². The molecule has 1 saturated carbocycles. The van der Waals surface area contributed by atoms with Crippen molar-refractivity contribution < 1.29 is 4.74 Å². The Kier molecular flexibility index (Phi) is 3.58. The fourth-order valence-electron chi connectivity index (χ4n) is 3.27. The van der Waals surface area contributed by atoms with Crippen LogP contribution in [0.15, 0.2) is 42.9 Å². The molecule has 4 rings (SSSR count). The Hall–Kier alpha value is -2.27. The van der Waals surface area contributed by atoms with Crippen LogP contribution in [0.2, 0.25) is 5.02 Å². The van der Waals surface area contributed by atoms with Crippen LogP contribution in [-0.2, 0) is 0 Å². The van der Waals surface area contributed by atoms with E-state index in [4.69, 9.17) is 22.1 Å². The Balaban J connectivity index is 1.51. The molecule has 3 aromatic rings. The Bertz CT molecular complexity index is 830. The predicted molar refractivity (Wildman–Crippen MR) is 90.7 cm³/mol. The first kappa shape index (κ1) is 14.3. The maximum Gasteiger partial charge on any atom is 0.145 e. The molecule has 0 aliphatic heterocycles. The first-order chi connectivity index (χ1) is 11.2. The van der Waals surface area contributed by atoms with E-state index in [9.17, 15) is 0 Å². The van der Waals surface area contributed by atoms with E-state index in [2.05, 4.69) is 14.5 Å². The minimum Gasteiger partial charge on any atom is -0.490 e. The van der Waals surface area contributed by atoms with Gasteiger partial charge in [0.25, 0.3) is 0 Å². The zero-order chi connectivity index (χ0) is 15.8. The SMILES string of the molecule is Nc1ncnc2c1ccn2C1CCC(Oc2ccc(Cl)cc2)C1. The van der Waals surface area contributed by atoms with E-state index < -0.39 is 0 Å². The molecule has 0 bridgehead atoms. The zero-order valence-electron chi connectivity index (χ0n) is 12.5. The number of anilines is 1. The molecule has 2 N–H and O–H groups in total. The number of ether oxygens (including phenoxy) is 1. The van der Waals surface area contributed by atoms with Gasteiger partial charge in [0.05, 0.1) is 5.39 Å². The molecule has 1 fully saturated rings. The normalized spacial score (nSPS) is 20.9. The van der Waals surface area contributed by atoms with Gasteiger partial charge in [-0.05, 0) is 43.2 Å². The summed E-state index contributed by atoms with van der Waals surface area (Å²) in [6, 6.07) is 9.88. The van der Waals surface area contributed by atoms with Gasteiger partial charge in [-0.25, -0.2) is 9.97 Å². The molecule has 0 amide bonds. The second-order valence-corrected chi connectivity index (χ2v) is 6.32. The highest BCUT2D eigenvalue weighted by Crippen LogP contribution is 2.35. The molecule has 0 radical (unpaired) electrons. The lowest BCUT2D eigenvalue weighted by atomic mass is 10.2. The van der Waals surface area contributed by atoms with Gasteiger partial charge in [0.1, 0.15) is 29.6 Å². The number of nitrogens with two attached hydrogens (primary N) is 1. The van der Waals surface area contributed by atoms with Gasteiger partial charge in [-0.3, -0.25) is 0 Å². The first-order valence-corrected chi connectivity index (χ1v) is 8.08. The molecular formula is C17H17ClN4O. The Morgan fingerprint density at radius 1 is 1.13 bits per heavy atom. The molecule has 2 atom stereocenters. The van der Waals surface area contributed by atoms with Gasteiger partial charge in [-0.15, -0.1) is 0 Å². The number of nitrogens with zero attached hydrogens (tertiary/aromatic N) is 3. The van der Waals surface area contributed by atoms with Crippen LogP contribution < -0.4 is 10.5 Å². The monoisotopic (exact) mass is 328 g/mol. The smallest absolute Gasteiger partial charge is 0.145 e. The number of aromatic nitrogens is 3. The topological polar surface area (TPSA) is 66.0 Å². The van der Waals surface area contributed by atoms with Crippen LogP contribution in [0.25, 0.3) is 11.0 Å². The van der Waals surface area contributed by atoms with Gasteiger partial charge in [0.15, 0.2) is 0 Å². The second-order valence-electron chi connectivity index (χ2n) is 5.88. The van der Waals surface area contributed by atoms with Gasteiger partial charge in [-0.2, -0.15) is 0 Å². The minimum atomic E-state index is 0.206. The van der Waals surface area contributed by atoms with E-state index in [1.165, 1.54) is 6.33 Å². The van der Waals surface area contributed by atoms with Gasteiger partial charge in [0, 0.05) is 23.7 Å². The highest BCUT2D eigenvalue weighted by atomic mass is 35.5. The summed E-state index contributed by atoms with van der Waals surface area (Å²) in [6.07, 6.45) is 6.81. The molecule has 0 spiro atoms. The summed E-state index contributed by atoms with van der Waals surface area (Å²) in [6.45, 7) is 0. The number of hydrogen-bond donors (Lipinski definition) is 1. The van der Waals surface area contributed by atoms with E-state index in [0.29, 0.717) is 11.9 Å². The summed E-state index contributed by atoms with van der Waals surface area (Å²) in [5.74, 6) is 1.39. The summed E-state index contributed by atoms with van der Waals surface area (Å²) in [7, 11) is 0. The Morgan fingerprint density at radius 2 is 1.96 bits per heavy atom. The van der Waals surface area contributed by atoms with Crippen molar-refractivity contribution in [1.82, 2.24) is 14.5 Å². The van der Waals surface area contributed by atoms with Crippen LogP contribution in [0.4, 0.5) is 5.82 Å². The maximum absolute atomic E-state index is 6.06. The van der Waals surface area contributed by atoms with Crippen molar-refractivity contribution in [3.8, 4) is 5.75 Å². The molecule has 1 aromatic carbocycles. The van der Waals surface area contributed by atoms with Gasteiger partial charge in [0.2, 0.25) is 0 Å². The molecule has 2 unspecified atom stereocenters. The molecule has 2 heterocycles. The highest BCUT2D eigenvalue weighted by molar-refractivity contribution is 6.30. The summed E-state index contributed by atoms with van der Waals surface area (Å²) < 4.78 is 8.26. The molecule has 5 nitrogen and oxygen atoms in total. The number of rotatable bonds is 3. The van der Waals surface area contributed by atoms with Crippen LogP contribution in [0, 0.1) is 0 Å². The van der Waals surface area contributed by atoms with Crippen LogP contribution in [0.5, 0.6) is 5.75 Å². The molecular weight excluding hydrogens is 312 g/mol. The van der Waals surface area contributed by atoms with Gasteiger partial charge in [-0.1, -0.05) is 11.6 Å². The molecule has 118 valence electrons. The third kappa shape index (κ3) is 2.72. The van der Waals surface area contributed by atoms with E-state index in [1.54, 1.807) is 0 Å². The van der Waals surface area contributed by atoms with Crippen molar-refractivity contribution in [3.05, 3.63) is 47.9 Å². The van der Waals surface area contributed by atoms with Crippen molar-refractivity contribution in [2.75, 3.05) is 5.73 Å². The minimum absolute atomic E-state index is 0.206. The number of nitrogen functional groups attached to an aromatic ring is 1. The average Bonchev–Trinajstić information content (AvgIpc) is 3.17. The summed E-state index contributed by atoms with van der Waals surface area (Å²) in [4.78, 5) is 8.42. The first-order valence-electron chi connectivity index (χ1n) is 7.70. The lowest BCUT2D eigenvalue weighted by Gasteiger charge is -2.16. The van der Waals surface area contributed by atoms with E-state index in [-0.39, 0.29) is 6.10 Å². The lowest BCUT2D eigenvalue weighted by Crippen LogP contribution is -2.13. The van der Waals surface area contributed by atoms with Crippen molar-refractivity contribution in [3.63, 3.8) is 0 Å². The van der Waals surface area contributed by atoms with Crippen molar-refractivity contribution in [2.45, 2.75) is 31.4 Å². The quantitative estimate of drug-likeness (QED) is 0.793. The van der Waals surface area contributed by atoms with Crippen LogP contribution in [0.3, 0.4) is 0 Å².